The molecule has 1 aliphatic carbocycles. The Hall–Kier alpha value is -4.70. The number of benzene rings is 2. The van der Waals surface area contributed by atoms with Gasteiger partial charge in [-0.25, -0.2) is 4.79 Å². The van der Waals surface area contributed by atoms with Crippen molar-refractivity contribution in [2.75, 3.05) is 18.0 Å². The van der Waals surface area contributed by atoms with Crippen molar-refractivity contribution >= 4 is 46.3 Å². The molecular weight excluding hydrogens is 698 g/mol. The van der Waals surface area contributed by atoms with E-state index in [-0.39, 0.29) is 27.4 Å². The zero-order valence-electron chi connectivity index (χ0n) is 31.0. The summed E-state index contributed by atoms with van der Waals surface area (Å²) in [4.78, 5) is 28.3. The summed E-state index contributed by atoms with van der Waals surface area (Å²) < 4.78 is 42.2. The number of carbonyl (C=O) groups excluding carboxylic acids is 1. The van der Waals surface area contributed by atoms with Crippen LogP contribution in [0.2, 0.25) is 0 Å². The highest BCUT2D eigenvalue weighted by Gasteiger charge is 2.47. The molecule has 0 atom stereocenters. The summed E-state index contributed by atoms with van der Waals surface area (Å²) in [5, 5.41) is 20.6. The highest BCUT2D eigenvalue weighted by atomic mass is 32.1. The molecule has 6 nitrogen and oxygen atoms in total. The number of anilines is 1. The van der Waals surface area contributed by atoms with Gasteiger partial charge in [-0.2, -0.15) is 17.7 Å². The molecule has 3 heterocycles. The molecule has 278 valence electrons. The number of para-hydroxylation sites is 1. The predicted octanol–water partition coefficient (Wildman–Crippen LogP) is 10.8. The SMILES string of the molecule is CCCCCCN1C(=CC2=C(O)C(=CC3=[N+](CCC)c4ccccc4C3(C)C)C2=O)C(C)(C)c2cc(-c3ccc(/C=C(/C(=O)O)C(F)(F)F)s3)ccc21. The minimum absolute atomic E-state index is 0.0182. The average Bonchev–Trinajstić information content (AvgIpc) is 3.72. The van der Waals surface area contributed by atoms with Crippen LogP contribution in [0.15, 0.2) is 94.9 Å². The van der Waals surface area contributed by atoms with Crippen LogP contribution in [0, 0.1) is 0 Å². The van der Waals surface area contributed by atoms with E-state index in [2.05, 4.69) is 63.2 Å². The van der Waals surface area contributed by atoms with Gasteiger partial charge in [0.05, 0.1) is 16.6 Å². The van der Waals surface area contributed by atoms with Crippen LogP contribution in [0.4, 0.5) is 24.5 Å². The molecule has 2 N–H and O–H groups in total. The second-order valence-corrected chi connectivity index (χ2v) is 16.1. The first-order valence-electron chi connectivity index (χ1n) is 18.2. The van der Waals surface area contributed by atoms with Gasteiger partial charge < -0.3 is 15.1 Å². The minimum Gasteiger partial charge on any atom is -0.506 e. The van der Waals surface area contributed by atoms with Gasteiger partial charge in [0.2, 0.25) is 11.5 Å². The van der Waals surface area contributed by atoms with Crippen molar-refractivity contribution in [3.8, 4) is 10.4 Å². The normalized spacial score (nSPS) is 19.4. The van der Waals surface area contributed by atoms with Crippen molar-refractivity contribution < 1.29 is 37.5 Å². The minimum atomic E-state index is -4.98. The van der Waals surface area contributed by atoms with Gasteiger partial charge in [0.25, 0.3) is 0 Å². The molecular formula is C43H46F3N2O4S+. The Labute approximate surface area is 313 Å². The lowest BCUT2D eigenvalue weighted by molar-refractivity contribution is -0.437. The highest BCUT2D eigenvalue weighted by Crippen LogP contribution is 2.51. The molecule has 0 fully saturated rings. The molecule has 0 spiro atoms. The van der Waals surface area contributed by atoms with Gasteiger partial charge in [-0.3, -0.25) is 4.79 Å². The number of carboxylic acid groups (broad SMARTS) is 1. The van der Waals surface area contributed by atoms with Crippen LogP contribution in [0.1, 0.15) is 89.7 Å². The van der Waals surface area contributed by atoms with E-state index in [0.717, 1.165) is 83.9 Å². The number of aliphatic carboxylic acids is 1. The number of rotatable bonds is 12. The summed E-state index contributed by atoms with van der Waals surface area (Å²) in [5.41, 5.74) is 4.93. The van der Waals surface area contributed by atoms with Gasteiger partial charge >= 0.3 is 12.1 Å². The predicted molar refractivity (Wildman–Crippen MR) is 206 cm³/mol. The van der Waals surface area contributed by atoms with E-state index in [9.17, 15) is 27.9 Å². The topological polar surface area (TPSA) is 80.8 Å². The average molecular weight is 744 g/mol. The van der Waals surface area contributed by atoms with Crippen molar-refractivity contribution in [3.05, 3.63) is 111 Å². The molecule has 0 radical (unpaired) electrons. The quantitative estimate of drug-likeness (QED) is 0.110. The number of allylic oxidation sites excluding steroid dienone is 5. The first-order valence-corrected chi connectivity index (χ1v) is 19.0. The van der Waals surface area contributed by atoms with E-state index in [1.807, 2.05) is 42.5 Å². The third-order valence-electron chi connectivity index (χ3n) is 10.7. The van der Waals surface area contributed by atoms with Crippen molar-refractivity contribution in [2.45, 2.75) is 90.7 Å². The number of carbonyl (C=O) groups is 2. The van der Waals surface area contributed by atoms with Crippen LogP contribution in [0.25, 0.3) is 16.5 Å². The summed E-state index contributed by atoms with van der Waals surface area (Å²) in [5.74, 6) is -2.25. The molecule has 3 aromatic rings. The van der Waals surface area contributed by atoms with E-state index in [4.69, 9.17) is 5.11 Å². The molecule has 0 saturated carbocycles. The Morgan fingerprint density at radius 1 is 0.925 bits per heavy atom. The molecule has 53 heavy (non-hydrogen) atoms. The van der Waals surface area contributed by atoms with E-state index >= 15 is 0 Å². The van der Waals surface area contributed by atoms with Crippen LogP contribution in [-0.2, 0) is 20.4 Å². The lowest BCUT2D eigenvalue weighted by Crippen LogP contribution is -2.32. The largest absolute Gasteiger partial charge is 0.506 e. The molecule has 3 aliphatic rings. The summed E-state index contributed by atoms with van der Waals surface area (Å²) in [6, 6.07) is 17.4. The number of carboxylic acids is 1. The van der Waals surface area contributed by atoms with Crippen LogP contribution in [-0.4, -0.2) is 51.5 Å². The van der Waals surface area contributed by atoms with Crippen molar-refractivity contribution in [1.82, 2.24) is 0 Å². The molecule has 2 aliphatic heterocycles. The summed E-state index contributed by atoms with van der Waals surface area (Å²) in [6.45, 7) is 14.2. The van der Waals surface area contributed by atoms with E-state index in [1.54, 1.807) is 6.07 Å². The number of unbranched alkanes of at least 4 members (excludes halogenated alkanes) is 3. The number of halogens is 3. The zero-order valence-corrected chi connectivity index (χ0v) is 31.8. The number of Topliss-reactive ketones (excluding diaryl/α,β-unsaturated/α-hetero) is 1. The second kappa shape index (κ2) is 14.3. The number of hydrogen-bond donors (Lipinski definition) is 2. The van der Waals surface area contributed by atoms with E-state index < -0.39 is 23.1 Å². The molecule has 10 heteroatoms. The number of nitrogens with zero attached hydrogens (tertiary/aromatic N) is 2. The smallest absolute Gasteiger partial charge is 0.423 e. The van der Waals surface area contributed by atoms with Crippen LogP contribution in [0.3, 0.4) is 0 Å². The Bertz CT molecular complexity index is 2140. The Balaban J connectivity index is 1.38. The summed E-state index contributed by atoms with van der Waals surface area (Å²) >= 11 is 1.09. The molecule has 1 aromatic heterocycles. The van der Waals surface area contributed by atoms with Gasteiger partial charge in [0.1, 0.15) is 17.9 Å². The van der Waals surface area contributed by atoms with Crippen LogP contribution < -0.4 is 4.90 Å². The maximum atomic E-state index is 13.9. The fourth-order valence-corrected chi connectivity index (χ4v) is 8.72. The van der Waals surface area contributed by atoms with E-state index in [1.165, 1.54) is 11.6 Å². The number of hydrogen-bond acceptors (Lipinski definition) is 5. The fraction of sp³-hybridized carbons (Fsp3) is 0.372. The summed E-state index contributed by atoms with van der Waals surface area (Å²) in [6.07, 6.45) is 4.45. The molecule has 2 aromatic carbocycles. The van der Waals surface area contributed by atoms with Gasteiger partial charge in [0, 0.05) is 57.2 Å². The number of fused-ring (bicyclic) bond motifs is 2. The van der Waals surface area contributed by atoms with Gasteiger partial charge in [-0.1, -0.05) is 71.2 Å². The fourth-order valence-electron chi connectivity index (χ4n) is 7.77. The van der Waals surface area contributed by atoms with Crippen LogP contribution >= 0.6 is 11.3 Å². The monoisotopic (exact) mass is 743 g/mol. The number of aliphatic hydroxyl groups excluding tert-OH is 1. The van der Waals surface area contributed by atoms with Gasteiger partial charge in [-0.05, 0) is 67.8 Å². The Kier molecular flexibility index (Phi) is 10.2. The highest BCUT2D eigenvalue weighted by molar-refractivity contribution is 7.16. The molecule has 0 bridgehead atoms. The third-order valence-corrected chi connectivity index (χ3v) is 11.8. The maximum Gasteiger partial charge on any atom is 0.423 e. The molecule has 0 saturated heterocycles. The van der Waals surface area contributed by atoms with Gasteiger partial charge in [-0.15, -0.1) is 11.3 Å². The number of thiophene rings is 1. The molecule has 0 unspecified atom stereocenters. The Morgan fingerprint density at radius 3 is 2.32 bits per heavy atom. The first-order chi connectivity index (χ1) is 25.0. The summed E-state index contributed by atoms with van der Waals surface area (Å²) in [7, 11) is 0. The van der Waals surface area contributed by atoms with Crippen LogP contribution in [0.5, 0.6) is 0 Å². The molecule has 6 rings (SSSR count). The molecule has 0 amide bonds. The van der Waals surface area contributed by atoms with Crippen molar-refractivity contribution in [2.24, 2.45) is 0 Å². The number of alkyl halides is 3. The van der Waals surface area contributed by atoms with E-state index in [0.29, 0.717) is 23.1 Å². The van der Waals surface area contributed by atoms with Crippen molar-refractivity contribution in [1.29, 1.82) is 0 Å². The second-order valence-electron chi connectivity index (χ2n) is 15.0. The number of aliphatic hydroxyl groups is 1. The maximum absolute atomic E-state index is 13.9. The lowest BCUT2D eigenvalue weighted by Gasteiger charge is -2.29. The first kappa shape index (κ1) is 38.0. The number of ketones is 1. The Morgan fingerprint density at radius 2 is 1.66 bits per heavy atom. The zero-order chi connectivity index (χ0) is 38.5. The lowest BCUT2D eigenvalue weighted by atomic mass is 9.77. The third kappa shape index (κ3) is 6.82. The van der Waals surface area contributed by atoms with Gasteiger partial charge in [0.15, 0.2) is 5.71 Å². The van der Waals surface area contributed by atoms with Crippen molar-refractivity contribution in [3.63, 3.8) is 0 Å². The standard InChI is InChI=1S/C43H45F3N2O4S/c1-7-9-10-13-21-48-34-18-16-26(35-19-17-27(53-35)23-32(40(51)52)43(44,45)46)22-31(34)42(5,6)37(48)25-29-38(49)28(39(29)50)24-36-41(3,4)30-14-11-12-15-33(30)47(36)20-8-2/h11-12,14-19,22-25H,7-10,13,20-21H2,1-6H3,(H-,49,50,51,52)/p+1/b32-23-.